The molecule has 1 aliphatic carbocycles. The average molecular weight is 294 g/mol. The van der Waals surface area contributed by atoms with E-state index in [2.05, 4.69) is 10.3 Å². The van der Waals surface area contributed by atoms with E-state index < -0.39 is 0 Å². The Hall–Kier alpha value is -2.49. The smallest absolute Gasteiger partial charge is 0.228 e. The molecule has 1 N–H and O–H groups in total. The van der Waals surface area contributed by atoms with E-state index in [0.29, 0.717) is 11.3 Å². The third-order valence-electron chi connectivity index (χ3n) is 4.12. The fraction of sp³-hybridized carbons (Fsp3) is 0.278. The van der Waals surface area contributed by atoms with Gasteiger partial charge in [0.05, 0.1) is 5.69 Å². The summed E-state index contributed by atoms with van der Waals surface area (Å²) in [4.78, 5) is 28.3. The van der Waals surface area contributed by atoms with E-state index in [1.165, 1.54) is 6.92 Å². The normalized spacial score (nSPS) is 19.5. The molecule has 0 unspecified atom stereocenters. The number of nitrogens with one attached hydrogen (secondary N) is 1. The van der Waals surface area contributed by atoms with Gasteiger partial charge in [-0.05, 0) is 49.4 Å². The van der Waals surface area contributed by atoms with Gasteiger partial charge in [-0.1, -0.05) is 18.2 Å². The minimum absolute atomic E-state index is 0.0260. The molecule has 2 atom stereocenters. The summed E-state index contributed by atoms with van der Waals surface area (Å²) < 4.78 is 0. The second-order valence-electron chi connectivity index (χ2n) is 5.78. The Kier molecular flexibility index (Phi) is 3.75. The summed E-state index contributed by atoms with van der Waals surface area (Å²) in [5.74, 6) is 0.138. The molecular formula is C18H18N2O2. The van der Waals surface area contributed by atoms with Crippen molar-refractivity contribution < 1.29 is 9.59 Å². The lowest BCUT2D eigenvalue weighted by molar-refractivity contribution is -0.117. The number of anilines is 1. The fourth-order valence-corrected chi connectivity index (χ4v) is 2.91. The monoisotopic (exact) mass is 294 g/mol. The number of hydrogen-bond donors (Lipinski definition) is 1. The first-order valence-electron chi connectivity index (χ1n) is 7.39. The number of carbonyl (C=O) groups excluding carboxylic acids is 2. The zero-order valence-corrected chi connectivity index (χ0v) is 12.7. The van der Waals surface area contributed by atoms with Crippen molar-refractivity contribution >= 4 is 17.4 Å². The van der Waals surface area contributed by atoms with Gasteiger partial charge in [0.2, 0.25) is 5.91 Å². The van der Waals surface area contributed by atoms with Crippen LogP contribution in [-0.2, 0) is 4.79 Å². The number of aromatic nitrogens is 1. The molecule has 0 aliphatic heterocycles. The molecule has 112 valence electrons. The average Bonchev–Trinajstić information content (AvgIpc) is 3.28. The maximum absolute atomic E-state index is 12.4. The molecule has 22 heavy (non-hydrogen) atoms. The molecule has 1 aromatic carbocycles. The number of rotatable bonds is 4. The molecule has 0 saturated heterocycles. The number of hydrogen-bond acceptors (Lipinski definition) is 3. The van der Waals surface area contributed by atoms with Crippen molar-refractivity contribution in [2.45, 2.75) is 26.2 Å². The number of pyridine rings is 1. The van der Waals surface area contributed by atoms with Gasteiger partial charge in [-0.3, -0.25) is 14.6 Å². The first-order chi connectivity index (χ1) is 10.6. The van der Waals surface area contributed by atoms with E-state index in [9.17, 15) is 9.59 Å². The van der Waals surface area contributed by atoms with E-state index in [1.807, 2.05) is 37.4 Å². The van der Waals surface area contributed by atoms with Crippen LogP contribution in [0.2, 0.25) is 0 Å². The second kappa shape index (κ2) is 5.72. The number of nitrogens with zero attached hydrogens (tertiary/aromatic N) is 1. The second-order valence-corrected chi connectivity index (χ2v) is 5.78. The number of ketones is 1. The highest BCUT2D eigenvalue weighted by atomic mass is 16.2. The van der Waals surface area contributed by atoms with Gasteiger partial charge in [0.1, 0.15) is 0 Å². The Morgan fingerprint density at radius 1 is 1.23 bits per heavy atom. The van der Waals surface area contributed by atoms with Crippen LogP contribution in [-0.4, -0.2) is 16.7 Å². The molecule has 4 nitrogen and oxygen atoms in total. The van der Waals surface area contributed by atoms with Crippen molar-refractivity contribution in [3.05, 3.63) is 59.4 Å². The molecule has 1 fully saturated rings. The van der Waals surface area contributed by atoms with Gasteiger partial charge >= 0.3 is 0 Å². The van der Waals surface area contributed by atoms with Gasteiger partial charge < -0.3 is 5.32 Å². The number of aryl methyl sites for hydroxylation is 1. The first-order valence-corrected chi connectivity index (χ1v) is 7.39. The van der Waals surface area contributed by atoms with E-state index in [-0.39, 0.29) is 23.5 Å². The third-order valence-corrected chi connectivity index (χ3v) is 4.12. The molecule has 1 saturated carbocycles. The van der Waals surface area contributed by atoms with Crippen molar-refractivity contribution in [3.8, 4) is 0 Å². The van der Waals surface area contributed by atoms with Gasteiger partial charge in [0.25, 0.3) is 0 Å². The minimum Gasteiger partial charge on any atom is -0.325 e. The minimum atomic E-state index is -0.0375. The first kappa shape index (κ1) is 14.4. The lowest BCUT2D eigenvalue weighted by Crippen LogP contribution is -2.17. The predicted molar refractivity (Wildman–Crippen MR) is 84.9 cm³/mol. The lowest BCUT2D eigenvalue weighted by Gasteiger charge is -2.11. The molecule has 1 amide bonds. The highest BCUT2D eigenvalue weighted by Gasteiger charge is 2.44. The number of carbonyl (C=O) groups is 2. The highest BCUT2D eigenvalue weighted by molar-refractivity contribution is 6.05. The van der Waals surface area contributed by atoms with Crippen molar-refractivity contribution in [1.29, 1.82) is 0 Å². The Morgan fingerprint density at radius 2 is 2.05 bits per heavy atom. The van der Waals surface area contributed by atoms with Crippen LogP contribution >= 0.6 is 0 Å². The quantitative estimate of drug-likeness (QED) is 0.880. The maximum Gasteiger partial charge on any atom is 0.228 e. The van der Waals surface area contributed by atoms with Crippen molar-refractivity contribution in [2.75, 3.05) is 5.32 Å². The molecule has 1 heterocycles. The van der Waals surface area contributed by atoms with Crippen LogP contribution in [0.5, 0.6) is 0 Å². The summed E-state index contributed by atoms with van der Waals surface area (Å²) in [5.41, 5.74) is 3.17. The van der Waals surface area contributed by atoms with Gasteiger partial charge in [0, 0.05) is 23.9 Å². The Balaban J connectivity index is 1.74. The van der Waals surface area contributed by atoms with Gasteiger partial charge in [-0.25, -0.2) is 0 Å². The number of amides is 1. The Labute approximate surface area is 129 Å². The fourth-order valence-electron chi connectivity index (χ4n) is 2.91. The van der Waals surface area contributed by atoms with E-state index in [0.717, 1.165) is 17.5 Å². The van der Waals surface area contributed by atoms with E-state index in [4.69, 9.17) is 0 Å². The zero-order valence-electron chi connectivity index (χ0n) is 12.7. The number of Topliss-reactive ketones (excluding diaryl/α,β-unsaturated/α-hetero) is 1. The molecule has 4 heteroatoms. The summed E-state index contributed by atoms with van der Waals surface area (Å²) in [7, 11) is 0. The van der Waals surface area contributed by atoms with Crippen LogP contribution in [0.15, 0.2) is 42.7 Å². The zero-order chi connectivity index (χ0) is 15.7. The predicted octanol–water partition coefficient (Wildman–Crippen LogP) is 3.33. The van der Waals surface area contributed by atoms with Crippen LogP contribution in [0.4, 0.5) is 5.69 Å². The van der Waals surface area contributed by atoms with Crippen LogP contribution in [0, 0.1) is 12.8 Å². The van der Waals surface area contributed by atoms with E-state index >= 15 is 0 Å². The highest BCUT2D eigenvalue weighted by Crippen LogP contribution is 2.47. The van der Waals surface area contributed by atoms with Crippen molar-refractivity contribution in [3.63, 3.8) is 0 Å². The third kappa shape index (κ3) is 2.77. The maximum atomic E-state index is 12.4. The molecule has 1 aliphatic rings. The SMILES string of the molecule is CC(=O)c1c(C)cccc1NC(=O)[C@H]1C[C@H]1c1cccnc1. The van der Waals surface area contributed by atoms with Gasteiger partial charge in [-0.15, -0.1) is 0 Å². The molecule has 0 spiro atoms. The summed E-state index contributed by atoms with van der Waals surface area (Å²) in [6.45, 7) is 3.40. The van der Waals surface area contributed by atoms with E-state index in [1.54, 1.807) is 12.3 Å². The largest absolute Gasteiger partial charge is 0.325 e. The van der Waals surface area contributed by atoms with Crippen molar-refractivity contribution in [1.82, 2.24) is 4.98 Å². The summed E-state index contributed by atoms with van der Waals surface area (Å²) >= 11 is 0. The Morgan fingerprint density at radius 3 is 2.73 bits per heavy atom. The van der Waals surface area contributed by atoms with Crippen LogP contribution in [0.3, 0.4) is 0 Å². The van der Waals surface area contributed by atoms with Crippen molar-refractivity contribution in [2.24, 2.45) is 5.92 Å². The van der Waals surface area contributed by atoms with Crippen LogP contribution in [0.25, 0.3) is 0 Å². The topological polar surface area (TPSA) is 59.1 Å². The molecular weight excluding hydrogens is 276 g/mol. The molecule has 2 aromatic rings. The van der Waals surface area contributed by atoms with Gasteiger partial charge in [-0.2, -0.15) is 0 Å². The molecule has 0 radical (unpaired) electrons. The summed E-state index contributed by atoms with van der Waals surface area (Å²) in [6, 6.07) is 9.39. The van der Waals surface area contributed by atoms with Crippen LogP contribution < -0.4 is 5.32 Å². The summed E-state index contributed by atoms with van der Waals surface area (Å²) in [6.07, 6.45) is 4.37. The van der Waals surface area contributed by atoms with Crippen LogP contribution in [0.1, 0.15) is 40.7 Å². The molecule has 0 bridgehead atoms. The molecule has 3 rings (SSSR count). The lowest BCUT2D eigenvalue weighted by atomic mass is 10.0. The Bertz CT molecular complexity index is 725. The molecule has 1 aromatic heterocycles. The standard InChI is InChI=1S/C18H18N2O2/c1-11-5-3-7-16(17(11)12(2)21)20-18(22)15-9-14(15)13-6-4-8-19-10-13/h3-8,10,14-15H,9H2,1-2H3,(H,20,22)/t14-,15-/m0/s1. The van der Waals surface area contributed by atoms with Gasteiger partial charge in [0.15, 0.2) is 5.78 Å². The summed E-state index contributed by atoms with van der Waals surface area (Å²) in [5, 5.41) is 2.91. The number of benzene rings is 1.